The van der Waals surface area contributed by atoms with Crippen LogP contribution in [0.2, 0.25) is 0 Å². The van der Waals surface area contributed by atoms with Gasteiger partial charge in [0.25, 0.3) is 14.2 Å². The fourth-order valence-electron chi connectivity index (χ4n) is 2.24. The first-order valence-electron chi connectivity index (χ1n) is 6.80. The van der Waals surface area contributed by atoms with E-state index in [4.69, 9.17) is 10.7 Å². The van der Waals surface area contributed by atoms with Crippen molar-refractivity contribution in [1.82, 2.24) is 14.8 Å². The van der Waals surface area contributed by atoms with E-state index in [1.54, 1.807) is 4.57 Å². The number of hydrogen-bond donors (Lipinski definition) is 0. The maximum Gasteiger partial charge on any atom is 0.296 e. The summed E-state index contributed by atoms with van der Waals surface area (Å²) in [7, 11) is 1.55. The van der Waals surface area contributed by atoms with Gasteiger partial charge in [-0.1, -0.05) is 45.0 Å². The maximum atomic E-state index is 11.7. The molecule has 2 aromatic rings. The first-order valence-corrected chi connectivity index (χ1v) is 9.11. The average Bonchev–Trinajstić information content (AvgIpc) is 2.81. The minimum Gasteiger partial charge on any atom is -0.297 e. The summed E-state index contributed by atoms with van der Waals surface area (Å²) in [5, 5.41) is 7.65. The van der Waals surface area contributed by atoms with Crippen molar-refractivity contribution >= 4 is 19.7 Å². The zero-order chi connectivity index (χ0) is 15.6. The zero-order valence-corrected chi connectivity index (χ0v) is 13.8. The topological polar surface area (TPSA) is 64.8 Å². The summed E-state index contributed by atoms with van der Waals surface area (Å²) in [4.78, 5) is 0. The minimum absolute atomic E-state index is 0.196. The lowest BCUT2D eigenvalue weighted by Gasteiger charge is -2.13. The van der Waals surface area contributed by atoms with Gasteiger partial charge < -0.3 is 0 Å². The predicted octanol–water partition coefficient (Wildman–Crippen LogP) is 3.09. The average molecular weight is 328 g/mol. The lowest BCUT2D eigenvalue weighted by Crippen LogP contribution is -2.12. The summed E-state index contributed by atoms with van der Waals surface area (Å²) in [6.07, 6.45) is 0.827. The molecule has 0 bridgehead atoms. The van der Waals surface area contributed by atoms with E-state index in [0.29, 0.717) is 12.4 Å². The summed E-state index contributed by atoms with van der Waals surface area (Å²) in [6.45, 7) is 6.53. The molecule has 0 unspecified atom stereocenters. The molecular formula is C14H18ClN3O2S. The van der Waals surface area contributed by atoms with Crippen molar-refractivity contribution in [2.24, 2.45) is 5.92 Å². The van der Waals surface area contributed by atoms with Crippen molar-refractivity contribution < 1.29 is 8.42 Å². The van der Waals surface area contributed by atoms with Crippen molar-refractivity contribution in [3.8, 4) is 11.4 Å². The molecule has 21 heavy (non-hydrogen) atoms. The number of aromatic nitrogens is 3. The molecule has 0 aliphatic rings. The highest BCUT2D eigenvalue weighted by Gasteiger charge is 2.24. The first kappa shape index (κ1) is 16.0. The molecule has 1 aromatic carbocycles. The van der Waals surface area contributed by atoms with Crippen LogP contribution in [0.5, 0.6) is 0 Å². The molecule has 5 nitrogen and oxygen atoms in total. The fourth-order valence-corrected chi connectivity index (χ4v) is 3.15. The van der Waals surface area contributed by atoms with E-state index in [1.165, 1.54) is 0 Å². The summed E-state index contributed by atoms with van der Waals surface area (Å²) in [5.74, 6) is 0.783. The summed E-state index contributed by atoms with van der Waals surface area (Å²) in [5.41, 5.74) is 1.98. The van der Waals surface area contributed by atoms with E-state index in [9.17, 15) is 8.42 Å². The Labute approximate surface area is 129 Å². The van der Waals surface area contributed by atoms with Gasteiger partial charge in [0.1, 0.15) is 0 Å². The van der Waals surface area contributed by atoms with Crippen LogP contribution in [0, 0.1) is 5.92 Å². The molecule has 2 rings (SSSR count). The van der Waals surface area contributed by atoms with E-state index in [-0.39, 0.29) is 11.1 Å². The number of nitrogens with zero attached hydrogens (tertiary/aromatic N) is 3. The van der Waals surface area contributed by atoms with E-state index in [1.807, 2.05) is 45.0 Å². The van der Waals surface area contributed by atoms with Crippen LogP contribution in [0.4, 0.5) is 0 Å². The molecule has 7 heteroatoms. The van der Waals surface area contributed by atoms with Crippen LogP contribution in [0.3, 0.4) is 0 Å². The van der Waals surface area contributed by atoms with Gasteiger partial charge in [-0.2, -0.15) is 0 Å². The molecule has 0 saturated carbocycles. The Hall–Kier alpha value is -1.40. The van der Waals surface area contributed by atoms with E-state index in [0.717, 1.165) is 17.5 Å². The van der Waals surface area contributed by atoms with Crippen LogP contribution in [-0.2, 0) is 22.0 Å². The fraction of sp³-hybridized carbons (Fsp3) is 0.429. The van der Waals surface area contributed by atoms with Crippen molar-refractivity contribution in [3.05, 3.63) is 29.8 Å². The Morgan fingerprint density at radius 2 is 1.90 bits per heavy atom. The Kier molecular flexibility index (Phi) is 4.68. The normalized spacial score (nSPS) is 12.0. The number of hydrogen-bond acceptors (Lipinski definition) is 4. The van der Waals surface area contributed by atoms with Gasteiger partial charge in [-0.05, 0) is 17.9 Å². The maximum absolute atomic E-state index is 11.7. The standard InChI is InChI=1S/C14H18ClN3O2S/c1-4-11-7-5-6-8-12(11)13-16-17-14(21(15,19)20)18(13)9-10(2)3/h5-8,10H,4,9H2,1-3H3. The molecule has 0 fully saturated rings. The molecule has 0 spiro atoms. The smallest absolute Gasteiger partial charge is 0.296 e. The highest BCUT2D eigenvalue weighted by atomic mass is 35.7. The van der Waals surface area contributed by atoms with Crippen LogP contribution in [0.25, 0.3) is 11.4 Å². The zero-order valence-electron chi connectivity index (χ0n) is 12.2. The quantitative estimate of drug-likeness (QED) is 0.791. The van der Waals surface area contributed by atoms with Crippen molar-refractivity contribution in [2.75, 3.05) is 0 Å². The molecule has 0 saturated heterocycles. The third-order valence-corrected chi connectivity index (χ3v) is 4.27. The molecule has 0 aliphatic carbocycles. The Morgan fingerprint density at radius 1 is 1.24 bits per heavy atom. The predicted molar refractivity (Wildman–Crippen MR) is 82.7 cm³/mol. The summed E-state index contributed by atoms with van der Waals surface area (Å²) >= 11 is 0. The second kappa shape index (κ2) is 6.15. The van der Waals surface area contributed by atoms with Crippen LogP contribution in [0.1, 0.15) is 26.3 Å². The molecule has 0 radical (unpaired) electrons. The lowest BCUT2D eigenvalue weighted by molar-refractivity contribution is 0.488. The Bertz CT molecular complexity index is 738. The second-order valence-electron chi connectivity index (χ2n) is 5.26. The van der Waals surface area contributed by atoms with Gasteiger partial charge >= 0.3 is 0 Å². The second-order valence-corrected chi connectivity index (χ2v) is 7.72. The molecule has 1 aromatic heterocycles. The highest BCUT2D eigenvalue weighted by Crippen LogP contribution is 2.26. The summed E-state index contributed by atoms with van der Waals surface area (Å²) < 4.78 is 24.9. The SMILES string of the molecule is CCc1ccccc1-c1nnc(S(=O)(=O)Cl)n1CC(C)C. The number of halogens is 1. The largest absolute Gasteiger partial charge is 0.297 e. The molecule has 0 aliphatic heterocycles. The Morgan fingerprint density at radius 3 is 2.48 bits per heavy atom. The molecule has 0 atom stereocenters. The van der Waals surface area contributed by atoms with Gasteiger partial charge in [0.15, 0.2) is 5.82 Å². The lowest BCUT2D eigenvalue weighted by atomic mass is 10.0. The van der Waals surface area contributed by atoms with Gasteiger partial charge in [0, 0.05) is 22.8 Å². The molecule has 1 heterocycles. The molecule has 114 valence electrons. The van der Waals surface area contributed by atoms with Gasteiger partial charge in [-0.25, -0.2) is 8.42 Å². The number of benzene rings is 1. The molecule has 0 amide bonds. The van der Waals surface area contributed by atoms with Gasteiger partial charge in [0.05, 0.1) is 0 Å². The van der Waals surface area contributed by atoms with Crippen molar-refractivity contribution in [2.45, 2.75) is 38.9 Å². The van der Waals surface area contributed by atoms with E-state index >= 15 is 0 Å². The van der Waals surface area contributed by atoms with E-state index in [2.05, 4.69) is 10.2 Å². The Balaban J connectivity index is 2.67. The van der Waals surface area contributed by atoms with Gasteiger partial charge in [-0.3, -0.25) is 4.57 Å². The first-order chi connectivity index (χ1) is 9.84. The van der Waals surface area contributed by atoms with Gasteiger partial charge in [-0.15, -0.1) is 10.2 Å². The monoisotopic (exact) mass is 327 g/mol. The van der Waals surface area contributed by atoms with Gasteiger partial charge in [0.2, 0.25) is 0 Å². The number of rotatable bonds is 5. The van der Waals surface area contributed by atoms with Crippen molar-refractivity contribution in [3.63, 3.8) is 0 Å². The third-order valence-electron chi connectivity index (χ3n) is 3.12. The molecular weight excluding hydrogens is 310 g/mol. The van der Waals surface area contributed by atoms with Crippen LogP contribution < -0.4 is 0 Å². The van der Waals surface area contributed by atoms with Crippen LogP contribution >= 0.6 is 10.7 Å². The van der Waals surface area contributed by atoms with Crippen LogP contribution in [0.15, 0.2) is 29.4 Å². The highest BCUT2D eigenvalue weighted by molar-refractivity contribution is 8.13. The van der Waals surface area contributed by atoms with E-state index < -0.39 is 9.05 Å². The number of aryl methyl sites for hydroxylation is 1. The molecule has 0 N–H and O–H groups in total. The van der Waals surface area contributed by atoms with Crippen LogP contribution in [-0.4, -0.2) is 23.2 Å². The van der Waals surface area contributed by atoms with Crippen molar-refractivity contribution in [1.29, 1.82) is 0 Å². The minimum atomic E-state index is -3.92. The summed E-state index contributed by atoms with van der Waals surface area (Å²) in [6, 6.07) is 7.77. The third kappa shape index (κ3) is 3.44.